The van der Waals surface area contributed by atoms with E-state index in [0.717, 1.165) is 22.5 Å². The molecule has 0 radical (unpaired) electrons. The lowest BCUT2D eigenvalue weighted by Crippen LogP contribution is -2.13. The van der Waals surface area contributed by atoms with Gasteiger partial charge in [0.05, 0.1) is 17.8 Å². The van der Waals surface area contributed by atoms with Crippen LogP contribution in [0.2, 0.25) is 0 Å². The van der Waals surface area contributed by atoms with Gasteiger partial charge in [0.1, 0.15) is 5.82 Å². The third-order valence-corrected chi connectivity index (χ3v) is 4.80. The zero-order chi connectivity index (χ0) is 21.7. The number of Topliss-reactive ketones (excluding diaryl/α,β-unsaturated/α-hetero) is 1. The van der Waals surface area contributed by atoms with E-state index in [0.29, 0.717) is 6.54 Å². The lowest BCUT2D eigenvalue weighted by molar-refractivity contribution is -0.136. The van der Waals surface area contributed by atoms with Crippen molar-refractivity contribution in [2.75, 3.05) is 6.61 Å². The molecular weight excluding hydrogens is 383 g/mol. The maximum absolute atomic E-state index is 13.6. The van der Waals surface area contributed by atoms with E-state index in [9.17, 15) is 14.0 Å². The molecule has 0 atom stereocenters. The summed E-state index contributed by atoms with van der Waals surface area (Å²) < 4.78 is 20.5. The van der Waals surface area contributed by atoms with E-state index < -0.39 is 24.2 Å². The van der Waals surface area contributed by atoms with Crippen molar-refractivity contribution >= 4 is 17.8 Å². The van der Waals surface area contributed by atoms with Crippen LogP contribution in [-0.2, 0) is 16.1 Å². The van der Waals surface area contributed by atoms with Gasteiger partial charge in [-0.1, -0.05) is 42.0 Å². The number of esters is 1. The van der Waals surface area contributed by atoms with E-state index in [1.54, 1.807) is 12.1 Å². The second kappa shape index (κ2) is 9.31. The van der Waals surface area contributed by atoms with Crippen molar-refractivity contribution in [1.29, 1.82) is 0 Å². The largest absolute Gasteiger partial charge is 0.454 e. The lowest BCUT2D eigenvalue weighted by Gasteiger charge is -2.05. The van der Waals surface area contributed by atoms with Gasteiger partial charge >= 0.3 is 5.97 Å². The van der Waals surface area contributed by atoms with Crippen molar-refractivity contribution in [2.45, 2.75) is 27.3 Å². The topological polar surface area (TPSA) is 61.2 Å². The highest BCUT2D eigenvalue weighted by molar-refractivity contribution is 5.99. The van der Waals surface area contributed by atoms with Crippen molar-refractivity contribution in [1.82, 2.24) is 9.78 Å². The summed E-state index contributed by atoms with van der Waals surface area (Å²) in [7, 11) is 0. The molecule has 0 saturated carbocycles. The molecule has 0 saturated heterocycles. The molecule has 0 amide bonds. The summed E-state index contributed by atoms with van der Waals surface area (Å²) in [4.78, 5) is 24.0. The number of halogens is 1. The molecule has 30 heavy (non-hydrogen) atoms. The highest BCUT2D eigenvalue weighted by Crippen LogP contribution is 2.17. The third-order valence-electron chi connectivity index (χ3n) is 4.80. The normalized spacial score (nSPS) is 11.1. The van der Waals surface area contributed by atoms with E-state index in [1.165, 1.54) is 29.8 Å². The molecule has 154 valence electrons. The van der Waals surface area contributed by atoms with Gasteiger partial charge < -0.3 is 4.74 Å². The van der Waals surface area contributed by atoms with Gasteiger partial charge in [0, 0.05) is 17.3 Å². The number of carbonyl (C=O) groups excluding carboxylic acids is 2. The molecule has 0 fully saturated rings. The number of aryl methyl sites for hydroxylation is 2. The summed E-state index contributed by atoms with van der Waals surface area (Å²) in [5.74, 6) is -1.90. The Hall–Kier alpha value is -3.54. The van der Waals surface area contributed by atoms with Crippen LogP contribution in [0.5, 0.6) is 0 Å². The minimum Gasteiger partial charge on any atom is -0.454 e. The number of aromatic nitrogens is 2. The number of ether oxygens (including phenoxy) is 1. The molecule has 1 aromatic heterocycles. The molecule has 3 aromatic rings. The molecular formula is C24H23FN2O3. The summed E-state index contributed by atoms with van der Waals surface area (Å²) in [5, 5.41) is 4.55. The van der Waals surface area contributed by atoms with Gasteiger partial charge in [0.2, 0.25) is 5.78 Å². The van der Waals surface area contributed by atoms with Gasteiger partial charge in [-0.3, -0.25) is 9.48 Å². The van der Waals surface area contributed by atoms with Crippen LogP contribution in [0.1, 0.15) is 38.4 Å². The quantitative estimate of drug-likeness (QED) is 0.331. The second-order valence-corrected chi connectivity index (χ2v) is 7.07. The fourth-order valence-corrected chi connectivity index (χ4v) is 3.07. The van der Waals surface area contributed by atoms with E-state index in [2.05, 4.69) is 29.4 Å². The Bertz CT molecular complexity index is 1100. The molecule has 0 unspecified atom stereocenters. The summed E-state index contributed by atoms with van der Waals surface area (Å²) >= 11 is 0. The molecule has 0 aliphatic heterocycles. The Morgan fingerprint density at radius 3 is 2.47 bits per heavy atom. The fraction of sp³-hybridized carbons (Fsp3) is 0.208. The van der Waals surface area contributed by atoms with Gasteiger partial charge in [0.25, 0.3) is 0 Å². The number of benzene rings is 2. The van der Waals surface area contributed by atoms with E-state index in [1.807, 2.05) is 25.5 Å². The Morgan fingerprint density at radius 2 is 1.77 bits per heavy atom. The zero-order valence-corrected chi connectivity index (χ0v) is 17.2. The van der Waals surface area contributed by atoms with Crippen molar-refractivity contribution in [3.8, 4) is 0 Å². The van der Waals surface area contributed by atoms with Gasteiger partial charge in [-0.15, -0.1) is 0 Å². The molecule has 1 heterocycles. The van der Waals surface area contributed by atoms with Crippen LogP contribution in [0.25, 0.3) is 6.08 Å². The number of nitrogens with zero attached hydrogens (tertiary/aromatic N) is 2. The summed E-state index contributed by atoms with van der Waals surface area (Å²) in [5.41, 5.74) is 4.75. The minimum atomic E-state index is -0.676. The number of ketones is 1. The predicted molar refractivity (Wildman–Crippen MR) is 113 cm³/mol. The Labute approximate surface area is 174 Å². The summed E-state index contributed by atoms with van der Waals surface area (Å²) in [6, 6.07) is 13.8. The van der Waals surface area contributed by atoms with Gasteiger partial charge in [-0.05, 0) is 44.5 Å². The third kappa shape index (κ3) is 5.08. The highest BCUT2D eigenvalue weighted by atomic mass is 19.1. The molecule has 6 heteroatoms. The molecule has 5 nitrogen and oxygen atoms in total. The average molecular weight is 406 g/mol. The van der Waals surface area contributed by atoms with Crippen molar-refractivity contribution in [3.63, 3.8) is 0 Å². The molecule has 0 aliphatic carbocycles. The first-order valence-electron chi connectivity index (χ1n) is 9.57. The standard InChI is InChI=1S/C24H23FN2O3/c1-16-8-10-19(11-9-16)14-27-18(3)20(17(2)26-27)12-13-24(29)30-15-23(28)21-6-4-5-7-22(21)25/h4-13H,14-15H2,1-3H3/b13-12+. The Balaban J connectivity index is 1.63. The first-order chi connectivity index (χ1) is 14.3. The average Bonchev–Trinajstić information content (AvgIpc) is 2.99. The minimum absolute atomic E-state index is 0.0987. The number of hydrogen-bond donors (Lipinski definition) is 0. The van der Waals surface area contributed by atoms with Gasteiger partial charge in [-0.25, -0.2) is 9.18 Å². The van der Waals surface area contributed by atoms with Crippen molar-refractivity contribution < 1.29 is 18.7 Å². The van der Waals surface area contributed by atoms with Crippen LogP contribution in [0, 0.1) is 26.6 Å². The molecule has 3 rings (SSSR count). The van der Waals surface area contributed by atoms with Crippen molar-refractivity contribution in [3.05, 3.63) is 94.1 Å². The maximum Gasteiger partial charge on any atom is 0.331 e. The second-order valence-electron chi connectivity index (χ2n) is 7.07. The van der Waals surface area contributed by atoms with Gasteiger partial charge in [0.15, 0.2) is 6.61 Å². The smallest absolute Gasteiger partial charge is 0.331 e. The van der Waals surface area contributed by atoms with E-state index in [4.69, 9.17) is 4.74 Å². The van der Waals surface area contributed by atoms with Crippen LogP contribution >= 0.6 is 0 Å². The first-order valence-corrected chi connectivity index (χ1v) is 9.57. The molecule has 0 spiro atoms. The monoisotopic (exact) mass is 406 g/mol. The van der Waals surface area contributed by atoms with Gasteiger partial charge in [-0.2, -0.15) is 5.10 Å². The number of hydrogen-bond acceptors (Lipinski definition) is 4. The van der Waals surface area contributed by atoms with Crippen LogP contribution in [-0.4, -0.2) is 28.1 Å². The molecule has 0 bridgehead atoms. The highest BCUT2D eigenvalue weighted by Gasteiger charge is 2.13. The fourth-order valence-electron chi connectivity index (χ4n) is 3.07. The van der Waals surface area contributed by atoms with E-state index >= 15 is 0 Å². The number of rotatable bonds is 7. The molecule has 2 aromatic carbocycles. The van der Waals surface area contributed by atoms with Crippen LogP contribution in [0.15, 0.2) is 54.6 Å². The predicted octanol–water partition coefficient (Wildman–Crippen LogP) is 4.44. The molecule has 0 aliphatic rings. The maximum atomic E-state index is 13.6. The van der Waals surface area contributed by atoms with E-state index in [-0.39, 0.29) is 5.56 Å². The Kier molecular flexibility index (Phi) is 6.57. The number of carbonyl (C=O) groups is 2. The lowest BCUT2D eigenvalue weighted by atomic mass is 10.1. The van der Waals surface area contributed by atoms with Crippen LogP contribution in [0.3, 0.4) is 0 Å². The molecule has 0 N–H and O–H groups in total. The van der Waals surface area contributed by atoms with Crippen molar-refractivity contribution in [2.24, 2.45) is 0 Å². The SMILES string of the molecule is Cc1ccc(Cn2nc(C)c(/C=C/C(=O)OCC(=O)c3ccccc3F)c2C)cc1. The van der Waals surface area contributed by atoms with Crippen LogP contribution in [0.4, 0.5) is 4.39 Å². The summed E-state index contributed by atoms with van der Waals surface area (Å²) in [6.45, 7) is 5.95. The zero-order valence-electron chi connectivity index (χ0n) is 17.2. The first kappa shape index (κ1) is 21.2. The Morgan fingerprint density at radius 1 is 1.07 bits per heavy atom. The summed E-state index contributed by atoms with van der Waals surface area (Å²) in [6.07, 6.45) is 2.88. The van der Waals surface area contributed by atoms with Crippen LogP contribution < -0.4 is 0 Å².